The first-order valence-corrected chi connectivity index (χ1v) is 11.9. The van der Waals surface area contributed by atoms with Crippen molar-refractivity contribution in [1.82, 2.24) is 14.8 Å². The van der Waals surface area contributed by atoms with Crippen LogP contribution in [0.3, 0.4) is 0 Å². The van der Waals surface area contributed by atoms with Gasteiger partial charge in [0.25, 0.3) is 11.8 Å². The minimum atomic E-state index is -0.187. The van der Waals surface area contributed by atoms with E-state index < -0.39 is 0 Å². The number of likely N-dealkylation sites (tertiary alicyclic amines) is 1. The molecule has 3 heterocycles. The van der Waals surface area contributed by atoms with Gasteiger partial charge in [0, 0.05) is 46.7 Å². The number of fused-ring (bicyclic) bond motifs is 1. The third kappa shape index (κ3) is 3.35. The average Bonchev–Trinajstić information content (AvgIpc) is 3.28. The fourth-order valence-electron chi connectivity index (χ4n) is 5.48. The maximum Gasteiger partial charge on any atom is 0.261 e. The Bertz CT molecular complexity index is 1350. The summed E-state index contributed by atoms with van der Waals surface area (Å²) in [5, 5.41) is 3.65. The van der Waals surface area contributed by atoms with Crippen LogP contribution in [-0.2, 0) is 0 Å². The predicted molar refractivity (Wildman–Crippen MR) is 131 cm³/mol. The van der Waals surface area contributed by atoms with Crippen molar-refractivity contribution in [3.8, 4) is 0 Å². The first-order chi connectivity index (χ1) is 16.1. The minimum absolute atomic E-state index is 0.187. The number of H-pyrrole nitrogens is 1. The zero-order valence-corrected chi connectivity index (χ0v) is 18.9. The Kier molecular flexibility index (Phi) is 4.97. The summed E-state index contributed by atoms with van der Waals surface area (Å²) in [6, 6.07) is 17.3. The highest BCUT2D eigenvalue weighted by atomic mass is 35.5. The van der Waals surface area contributed by atoms with Crippen LogP contribution < -0.4 is 0 Å². The summed E-state index contributed by atoms with van der Waals surface area (Å²) in [6.45, 7) is 2.97. The summed E-state index contributed by atoms with van der Waals surface area (Å²) in [5.41, 5.74) is 3.62. The second-order valence-electron chi connectivity index (χ2n) is 8.99. The lowest BCUT2D eigenvalue weighted by Crippen LogP contribution is -2.45. The molecule has 0 radical (unpaired) electrons. The maximum absolute atomic E-state index is 13.1. The van der Waals surface area contributed by atoms with Gasteiger partial charge in [0.05, 0.1) is 5.02 Å². The zero-order chi connectivity index (χ0) is 22.5. The number of carbonyl (C=O) groups is 2. The van der Waals surface area contributed by atoms with Gasteiger partial charge in [-0.2, -0.15) is 0 Å². The Morgan fingerprint density at radius 2 is 1.52 bits per heavy atom. The summed E-state index contributed by atoms with van der Waals surface area (Å²) in [5.74, 6) is 0.0814. The highest BCUT2D eigenvalue weighted by molar-refractivity contribution is 6.35. The first-order valence-electron chi connectivity index (χ1n) is 11.5. The molecule has 5 nitrogen and oxygen atoms in total. The van der Waals surface area contributed by atoms with E-state index in [0.29, 0.717) is 30.1 Å². The molecule has 2 amide bonds. The molecule has 0 atom stereocenters. The lowest BCUT2D eigenvalue weighted by molar-refractivity contribution is 0.0586. The molecular formula is C27H24ClN3O2. The van der Waals surface area contributed by atoms with Crippen molar-refractivity contribution in [1.29, 1.82) is 0 Å². The molecule has 4 aromatic rings. The number of halogens is 1. The standard InChI is InChI=1S/C27H24ClN3O2/c28-22-8-3-9-23-25(22)21(16-29-23)17-10-12-30(13-11-17)14-15-31-26(32)19-6-1-4-18-5-2-7-20(24(18)19)27(31)33/h1-9,16-17,29H,10-15H2. The predicted octanol–water partition coefficient (Wildman–Crippen LogP) is 5.45. The van der Waals surface area contributed by atoms with Crippen molar-refractivity contribution >= 4 is 45.1 Å². The lowest BCUT2D eigenvalue weighted by Gasteiger charge is -2.34. The monoisotopic (exact) mass is 457 g/mol. The van der Waals surface area contributed by atoms with Crippen LogP contribution in [0.25, 0.3) is 21.7 Å². The molecule has 2 aliphatic rings. The van der Waals surface area contributed by atoms with Gasteiger partial charge >= 0.3 is 0 Å². The number of rotatable bonds is 4. The van der Waals surface area contributed by atoms with Crippen LogP contribution in [-0.4, -0.2) is 52.8 Å². The van der Waals surface area contributed by atoms with Gasteiger partial charge in [0.15, 0.2) is 0 Å². The molecule has 33 heavy (non-hydrogen) atoms. The summed E-state index contributed by atoms with van der Waals surface area (Å²) in [4.78, 5) is 33.4. The van der Waals surface area contributed by atoms with Crippen molar-refractivity contribution < 1.29 is 9.59 Å². The minimum Gasteiger partial charge on any atom is -0.361 e. The third-order valence-electron chi connectivity index (χ3n) is 7.21. The number of hydrogen-bond donors (Lipinski definition) is 1. The van der Waals surface area contributed by atoms with E-state index in [9.17, 15) is 9.59 Å². The molecule has 166 valence electrons. The Balaban J connectivity index is 1.14. The van der Waals surface area contributed by atoms with E-state index in [-0.39, 0.29) is 11.8 Å². The highest BCUT2D eigenvalue weighted by Gasteiger charge is 2.33. The number of piperidine rings is 1. The largest absolute Gasteiger partial charge is 0.361 e. The number of carbonyl (C=O) groups excluding carboxylic acids is 2. The van der Waals surface area contributed by atoms with Gasteiger partial charge < -0.3 is 9.88 Å². The van der Waals surface area contributed by atoms with Crippen molar-refractivity contribution in [3.05, 3.63) is 82.5 Å². The Morgan fingerprint density at radius 1 is 0.848 bits per heavy atom. The molecule has 0 bridgehead atoms. The fraction of sp³-hybridized carbons (Fsp3) is 0.259. The number of nitrogens with one attached hydrogen (secondary N) is 1. The van der Waals surface area contributed by atoms with E-state index in [1.54, 1.807) is 0 Å². The third-order valence-corrected chi connectivity index (χ3v) is 7.52. The number of hydrogen-bond acceptors (Lipinski definition) is 3. The van der Waals surface area contributed by atoms with Crippen LogP contribution in [0.4, 0.5) is 0 Å². The summed E-state index contributed by atoms with van der Waals surface area (Å²) in [6.07, 6.45) is 4.16. The molecule has 6 rings (SSSR count). The van der Waals surface area contributed by atoms with Gasteiger partial charge in [-0.15, -0.1) is 0 Å². The second-order valence-corrected chi connectivity index (χ2v) is 9.40. The van der Waals surface area contributed by atoms with Crippen molar-refractivity contribution in [2.24, 2.45) is 0 Å². The fourth-order valence-corrected chi connectivity index (χ4v) is 5.76. The number of benzene rings is 3. The molecule has 0 aliphatic carbocycles. The Labute approximate surface area is 196 Å². The van der Waals surface area contributed by atoms with Gasteiger partial charge in [-0.3, -0.25) is 14.5 Å². The lowest BCUT2D eigenvalue weighted by atomic mass is 9.89. The zero-order valence-electron chi connectivity index (χ0n) is 18.2. The van der Waals surface area contributed by atoms with Gasteiger partial charge in [0.1, 0.15) is 0 Å². The topological polar surface area (TPSA) is 56.4 Å². The summed E-state index contributed by atoms with van der Waals surface area (Å²) < 4.78 is 0. The van der Waals surface area contributed by atoms with Gasteiger partial charge in [-0.05, 0) is 67.1 Å². The second kappa shape index (κ2) is 8.01. The maximum atomic E-state index is 13.1. The van der Waals surface area contributed by atoms with Crippen molar-refractivity contribution in [3.63, 3.8) is 0 Å². The van der Waals surface area contributed by atoms with E-state index >= 15 is 0 Å². The van der Waals surface area contributed by atoms with Gasteiger partial charge in [0.2, 0.25) is 0 Å². The molecular weight excluding hydrogens is 434 g/mol. The van der Waals surface area contributed by atoms with Crippen molar-refractivity contribution in [2.45, 2.75) is 18.8 Å². The molecule has 1 aromatic heterocycles. The first kappa shape index (κ1) is 20.5. The van der Waals surface area contributed by atoms with Crippen LogP contribution in [0.5, 0.6) is 0 Å². The molecule has 3 aromatic carbocycles. The summed E-state index contributed by atoms with van der Waals surface area (Å²) >= 11 is 6.48. The van der Waals surface area contributed by atoms with Crippen LogP contribution in [0.2, 0.25) is 5.02 Å². The SMILES string of the molecule is O=C1c2cccc3cccc(c23)C(=O)N1CCN1CCC(c2c[nH]c3cccc(Cl)c23)CC1. The molecule has 0 spiro atoms. The normalized spacial score (nSPS) is 17.4. The number of nitrogens with zero attached hydrogens (tertiary/aromatic N) is 2. The number of aromatic nitrogens is 1. The highest BCUT2D eigenvalue weighted by Crippen LogP contribution is 2.36. The molecule has 1 N–H and O–H groups in total. The van der Waals surface area contributed by atoms with E-state index in [1.165, 1.54) is 10.5 Å². The average molecular weight is 458 g/mol. The van der Waals surface area contributed by atoms with E-state index in [0.717, 1.165) is 52.6 Å². The smallest absolute Gasteiger partial charge is 0.261 e. The number of amides is 2. The van der Waals surface area contributed by atoms with Crippen LogP contribution in [0, 0.1) is 0 Å². The Morgan fingerprint density at radius 3 is 2.21 bits per heavy atom. The number of imide groups is 1. The van der Waals surface area contributed by atoms with Gasteiger partial charge in [-0.1, -0.05) is 41.9 Å². The van der Waals surface area contributed by atoms with E-state index in [4.69, 9.17) is 11.6 Å². The molecule has 2 aliphatic heterocycles. The van der Waals surface area contributed by atoms with E-state index in [1.807, 2.05) is 48.5 Å². The van der Waals surface area contributed by atoms with E-state index in [2.05, 4.69) is 22.1 Å². The van der Waals surface area contributed by atoms with Crippen LogP contribution >= 0.6 is 11.6 Å². The van der Waals surface area contributed by atoms with Crippen LogP contribution in [0.15, 0.2) is 60.8 Å². The van der Waals surface area contributed by atoms with Crippen molar-refractivity contribution in [2.75, 3.05) is 26.2 Å². The summed E-state index contributed by atoms with van der Waals surface area (Å²) in [7, 11) is 0. The molecule has 0 unspecified atom stereocenters. The van der Waals surface area contributed by atoms with Crippen LogP contribution in [0.1, 0.15) is 45.0 Å². The Hall–Kier alpha value is -3.15. The molecule has 6 heteroatoms. The quantitative estimate of drug-likeness (QED) is 0.414. The van der Waals surface area contributed by atoms with Gasteiger partial charge in [-0.25, -0.2) is 0 Å². The molecule has 0 saturated carbocycles. The number of aromatic amines is 1. The molecule has 1 saturated heterocycles. The molecule has 1 fully saturated rings.